The predicted molar refractivity (Wildman–Crippen MR) is 89.6 cm³/mol. The maximum Gasteiger partial charge on any atom is 0.123 e. The lowest BCUT2D eigenvalue weighted by Gasteiger charge is -2.39. The van der Waals surface area contributed by atoms with Gasteiger partial charge in [-0.15, -0.1) is 0 Å². The standard InChI is InChI=1S/C19H22FNO3/c1-23-17-8-7-16(20)11-14(17)12-19(22,15-5-3-2-4-6-15)18-13-21-9-10-24-18/h2-8,11,18,21-22H,9-10,12-13H2,1H3/t18?,19-/m1/s1. The van der Waals surface area contributed by atoms with E-state index in [4.69, 9.17) is 9.47 Å². The number of hydrogen-bond donors (Lipinski definition) is 2. The van der Waals surface area contributed by atoms with Crippen molar-refractivity contribution in [3.05, 3.63) is 65.5 Å². The molecule has 2 aromatic carbocycles. The third-order valence-electron chi connectivity index (χ3n) is 4.44. The van der Waals surface area contributed by atoms with Crippen molar-refractivity contribution in [2.75, 3.05) is 26.8 Å². The molecule has 2 N–H and O–H groups in total. The van der Waals surface area contributed by atoms with Crippen molar-refractivity contribution in [2.24, 2.45) is 0 Å². The minimum Gasteiger partial charge on any atom is -0.496 e. The van der Waals surface area contributed by atoms with Gasteiger partial charge in [-0.3, -0.25) is 0 Å². The van der Waals surface area contributed by atoms with Crippen LogP contribution in [-0.2, 0) is 16.8 Å². The van der Waals surface area contributed by atoms with Crippen molar-refractivity contribution >= 4 is 0 Å². The number of aliphatic hydroxyl groups is 1. The molecule has 0 aliphatic carbocycles. The molecule has 0 bridgehead atoms. The van der Waals surface area contributed by atoms with E-state index in [1.165, 1.54) is 19.2 Å². The fourth-order valence-corrected chi connectivity index (χ4v) is 3.18. The van der Waals surface area contributed by atoms with E-state index >= 15 is 0 Å². The summed E-state index contributed by atoms with van der Waals surface area (Å²) in [5.74, 6) is 0.193. The van der Waals surface area contributed by atoms with Gasteiger partial charge in [0.15, 0.2) is 0 Å². The summed E-state index contributed by atoms with van der Waals surface area (Å²) in [5, 5.41) is 14.8. The Morgan fingerprint density at radius 1 is 1.29 bits per heavy atom. The van der Waals surface area contributed by atoms with E-state index in [1.54, 1.807) is 6.07 Å². The van der Waals surface area contributed by atoms with E-state index < -0.39 is 11.7 Å². The predicted octanol–water partition coefficient (Wildman–Crippen LogP) is 2.25. The maximum absolute atomic E-state index is 13.7. The van der Waals surface area contributed by atoms with Gasteiger partial charge in [0.2, 0.25) is 0 Å². The molecule has 5 heteroatoms. The third-order valence-corrected chi connectivity index (χ3v) is 4.44. The molecule has 1 fully saturated rings. The first-order valence-electron chi connectivity index (χ1n) is 8.06. The highest BCUT2D eigenvalue weighted by Crippen LogP contribution is 2.35. The Kier molecular flexibility index (Phi) is 5.14. The molecular weight excluding hydrogens is 309 g/mol. The van der Waals surface area contributed by atoms with Crippen molar-refractivity contribution in [3.8, 4) is 5.75 Å². The summed E-state index contributed by atoms with van der Waals surface area (Å²) in [5.41, 5.74) is 0.0680. The molecular formula is C19H22FNO3. The molecule has 0 saturated carbocycles. The smallest absolute Gasteiger partial charge is 0.123 e. The van der Waals surface area contributed by atoms with E-state index in [-0.39, 0.29) is 12.2 Å². The summed E-state index contributed by atoms with van der Waals surface area (Å²) >= 11 is 0. The van der Waals surface area contributed by atoms with Gasteiger partial charge >= 0.3 is 0 Å². The van der Waals surface area contributed by atoms with E-state index in [9.17, 15) is 9.50 Å². The average molecular weight is 331 g/mol. The molecule has 1 unspecified atom stereocenters. The van der Waals surface area contributed by atoms with Gasteiger partial charge in [-0.05, 0) is 23.8 Å². The second-order valence-corrected chi connectivity index (χ2v) is 5.99. The number of methoxy groups -OCH3 is 1. The molecule has 1 heterocycles. The number of nitrogens with one attached hydrogen (secondary N) is 1. The van der Waals surface area contributed by atoms with Crippen LogP contribution in [0.25, 0.3) is 0 Å². The Bertz CT molecular complexity index is 674. The van der Waals surface area contributed by atoms with Gasteiger partial charge in [0, 0.05) is 25.1 Å². The molecule has 0 aromatic heterocycles. The molecule has 4 nitrogen and oxygen atoms in total. The highest BCUT2D eigenvalue weighted by atomic mass is 19.1. The Hall–Kier alpha value is -1.95. The fourth-order valence-electron chi connectivity index (χ4n) is 3.18. The van der Waals surface area contributed by atoms with Gasteiger partial charge in [-0.1, -0.05) is 30.3 Å². The monoisotopic (exact) mass is 331 g/mol. The van der Waals surface area contributed by atoms with Gasteiger partial charge in [0.05, 0.1) is 13.7 Å². The van der Waals surface area contributed by atoms with Crippen LogP contribution in [0.4, 0.5) is 4.39 Å². The van der Waals surface area contributed by atoms with Crippen LogP contribution in [-0.4, -0.2) is 38.0 Å². The normalized spacial score (nSPS) is 20.4. The highest BCUT2D eigenvalue weighted by Gasteiger charge is 2.41. The zero-order valence-electron chi connectivity index (χ0n) is 13.7. The van der Waals surface area contributed by atoms with Crippen LogP contribution in [0.1, 0.15) is 11.1 Å². The molecule has 128 valence electrons. The van der Waals surface area contributed by atoms with E-state index in [2.05, 4.69) is 5.32 Å². The van der Waals surface area contributed by atoms with E-state index in [1.807, 2.05) is 30.3 Å². The molecule has 0 amide bonds. The third kappa shape index (κ3) is 3.43. The topological polar surface area (TPSA) is 50.7 Å². The molecule has 24 heavy (non-hydrogen) atoms. The lowest BCUT2D eigenvalue weighted by Crippen LogP contribution is -2.52. The first-order valence-corrected chi connectivity index (χ1v) is 8.06. The summed E-state index contributed by atoms with van der Waals surface area (Å²) < 4.78 is 24.9. The molecule has 3 rings (SSSR count). The maximum atomic E-state index is 13.7. The van der Waals surface area contributed by atoms with Crippen LogP contribution in [0.2, 0.25) is 0 Å². The second-order valence-electron chi connectivity index (χ2n) is 5.99. The Balaban J connectivity index is 2.00. The SMILES string of the molecule is COc1ccc(F)cc1C[C@@](O)(c1ccccc1)C1CNCCO1. The van der Waals surface area contributed by atoms with Crippen molar-refractivity contribution in [1.82, 2.24) is 5.32 Å². The summed E-state index contributed by atoms with van der Waals surface area (Å²) in [7, 11) is 1.54. The lowest BCUT2D eigenvalue weighted by atomic mass is 9.81. The quantitative estimate of drug-likeness (QED) is 0.882. The van der Waals surface area contributed by atoms with Crippen LogP contribution in [0.3, 0.4) is 0 Å². The van der Waals surface area contributed by atoms with Gasteiger partial charge in [-0.25, -0.2) is 4.39 Å². The zero-order valence-corrected chi connectivity index (χ0v) is 13.7. The van der Waals surface area contributed by atoms with Crippen molar-refractivity contribution in [2.45, 2.75) is 18.1 Å². The summed E-state index contributed by atoms with van der Waals surface area (Å²) in [6.45, 7) is 1.81. The summed E-state index contributed by atoms with van der Waals surface area (Å²) in [6, 6.07) is 13.7. The van der Waals surface area contributed by atoms with Gasteiger partial charge in [-0.2, -0.15) is 0 Å². The largest absolute Gasteiger partial charge is 0.496 e. The van der Waals surface area contributed by atoms with E-state index in [0.717, 1.165) is 12.1 Å². The average Bonchev–Trinajstić information content (AvgIpc) is 2.63. The molecule has 2 atom stereocenters. The minimum atomic E-state index is -1.28. The zero-order chi connectivity index (χ0) is 17.0. The van der Waals surface area contributed by atoms with Crippen LogP contribution in [0, 0.1) is 5.82 Å². The highest BCUT2D eigenvalue weighted by molar-refractivity contribution is 5.37. The van der Waals surface area contributed by atoms with Crippen LogP contribution < -0.4 is 10.1 Å². The van der Waals surface area contributed by atoms with Gasteiger partial charge < -0.3 is 19.9 Å². The molecule has 2 aromatic rings. The number of rotatable bonds is 5. The second kappa shape index (κ2) is 7.30. The lowest BCUT2D eigenvalue weighted by molar-refractivity contribution is -0.124. The molecule has 0 spiro atoms. The number of hydrogen-bond acceptors (Lipinski definition) is 4. The Morgan fingerprint density at radius 3 is 2.75 bits per heavy atom. The molecule has 1 saturated heterocycles. The van der Waals surface area contributed by atoms with Crippen LogP contribution in [0.15, 0.2) is 48.5 Å². The number of morpholine rings is 1. The number of halogens is 1. The Labute approximate surface area is 141 Å². The first-order chi connectivity index (χ1) is 11.6. The molecule has 1 aliphatic rings. The summed E-state index contributed by atoms with van der Waals surface area (Å²) in [4.78, 5) is 0. The number of ether oxygens (including phenoxy) is 2. The fraction of sp³-hybridized carbons (Fsp3) is 0.368. The van der Waals surface area contributed by atoms with Crippen molar-refractivity contribution in [3.63, 3.8) is 0 Å². The number of benzene rings is 2. The van der Waals surface area contributed by atoms with Crippen molar-refractivity contribution in [1.29, 1.82) is 0 Å². The van der Waals surface area contributed by atoms with Gasteiger partial charge in [0.1, 0.15) is 23.3 Å². The van der Waals surface area contributed by atoms with Crippen molar-refractivity contribution < 1.29 is 19.0 Å². The summed E-state index contributed by atoms with van der Waals surface area (Å²) in [6.07, 6.45) is -0.230. The van der Waals surface area contributed by atoms with E-state index in [0.29, 0.717) is 24.5 Å². The molecule has 0 radical (unpaired) electrons. The minimum absolute atomic E-state index is 0.199. The van der Waals surface area contributed by atoms with Gasteiger partial charge in [0.25, 0.3) is 0 Å². The van der Waals surface area contributed by atoms with Crippen LogP contribution >= 0.6 is 0 Å². The van der Waals surface area contributed by atoms with Crippen LogP contribution in [0.5, 0.6) is 5.75 Å². The Morgan fingerprint density at radius 2 is 2.08 bits per heavy atom. The molecule has 1 aliphatic heterocycles. The first kappa shape index (κ1) is 16.9.